The number of benzene rings is 1. The smallest absolute Gasteiger partial charge is 0.261 e. The number of carbonyl (C=O) groups is 1. The largest absolute Gasteiger partial charge is 0.340 e. The van der Waals surface area contributed by atoms with Crippen LogP contribution in [0, 0.1) is 6.92 Å². The lowest BCUT2D eigenvalue weighted by Crippen LogP contribution is -2.35. The van der Waals surface area contributed by atoms with Gasteiger partial charge in [0.05, 0.1) is 17.1 Å². The molecule has 3 heterocycles. The highest BCUT2D eigenvalue weighted by molar-refractivity contribution is 5.94. The Kier molecular flexibility index (Phi) is 4.07. The Labute approximate surface area is 163 Å². The van der Waals surface area contributed by atoms with E-state index >= 15 is 0 Å². The molecule has 0 spiro atoms. The van der Waals surface area contributed by atoms with E-state index in [4.69, 9.17) is 4.98 Å². The molecule has 2 N–H and O–H groups in total. The summed E-state index contributed by atoms with van der Waals surface area (Å²) in [5, 5.41) is 0. The molecule has 2 aliphatic rings. The van der Waals surface area contributed by atoms with E-state index in [1.807, 2.05) is 30.0 Å². The fourth-order valence-corrected chi connectivity index (χ4v) is 4.58. The Balaban J connectivity index is 1.49. The number of imidazole rings is 1. The third-order valence-electron chi connectivity index (χ3n) is 6.05. The van der Waals surface area contributed by atoms with Gasteiger partial charge < -0.3 is 14.9 Å². The predicted octanol–water partition coefficient (Wildman–Crippen LogP) is 3.42. The predicted molar refractivity (Wildman–Crippen MR) is 108 cm³/mol. The molecule has 6 nitrogen and oxygen atoms in total. The van der Waals surface area contributed by atoms with Gasteiger partial charge in [0.15, 0.2) is 0 Å². The number of nitrogens with one attached hydrogen (secondary N) is 2. The van der Waals surface area contributed by atoms with Gasteiger partial charge in [-0.2, -0.15) is 0 Å². The quantitative estimate of drug-likeness (QED) is 0.719. The van der Waals surface area contributed by atoms with Crippen molar-refractivity contribution >= 4 is 16.9 Å². The van der Waals surface area contributed by atoms with Crippen LogP contribution in [-0.2, 0) is 12.8 Å². The molecule has 0 unspecified atom stereocenters. The number of amides is 1. The summed E-state index contributed by atoms with van der Waals surface area (Å²) in [7, 11) is 0. The van der Waals surface area contributed by atoms with Gasteiger partial charge in [0.1, 0.15) is 11.4 Å². The minimum absolute atomic E-state index is 0.115. The third-order valence-corrected chi connectivity index (χ3v) is 6.05. The molecule has 0 bridgehead atoms. The highest BCUT2D eigenvalue weighted by Crippen LogP contribution is 2.32. The first-order valence-corrected chi connectivity index (χ1v) is 10.1. The lowest BCUT2D eigenvalue weighted by Gasteiger charge is -2.24. The summed E-state index contributed by atoms with van der Waals surface area (Å²) in [4.78, 5) is 38.7. The molecule has 1 atom stereocenters. The van der Waals surface area contributed by atoms with Crippen LogP contribution in [0.1, 0.15) is 64.7 Å². The van der Waals surface area contributed by atoms with Gasteiger partial charge in [-0.15, -0.1) is 0 Å². The molecule has 0 radical (unpaired) electrons. The summed E-state index contributed by atoms with van der Waals surface area (Å²) in [6.45, 7) is 2.70. The van der Waals surface area contributed by atoms with Crippen LogP contribution >= 0.6 is 0 Å². The summed E-state index contributed by atoms with van der Waals surface area (Å²) in [5.41, 5.74) is 5.17. The van der Waals surface area contributed by atoms with Crippen molar-refractivity contribution in [3.8, 4) is 0 Å². The van der Waals surface area contributed by atoms with E-state index in [9.17, 15) is 9.59 Å². The van der Waals surface area contributed by atoms with Crippen molar-refractivity contribution in [2.75, 3.05) is 6.54 Å². The maximum atomic E-state index is 13.3. The lowest BCUT2D eigenvalue weighted by atomic mass is 9.95. The Hall–Kier alpha value is -2.89. The number of aromatic nitrogens is 3. The summed E-state index contributed by atoms with van der Waals surface area (Å²) >= 11 is 0. The van der Waals surface area contributed by atoms with Crippen LogP contribution in [-0.4, -0.2) is 32.3 Å². The molecule has 1 aliphatic carbocycles. The van der Waals surface area contributed by atoms with E-state index in [1.165, 1.54) is 5.56 Å². The number of hydrogen-bond acceptors (Lipinski definition) is 3. The summed E-state index contributed by atoms with van der Waals surface area (Å²) in [5.74, 6) is 0.620. The number of pyridine rings is 1. The van der Waals surface area contributed by atoms with Gasteiger partial charge >= 0.3 is 0 Å². The van der Waals surface area contributed by atoms with E-state index in [1.54, 1.807) is 0 Å². The highest BCUT2D eigenvalue weighted by atomic mass is 16.2. The van der Waals surface area contributed by atoms with Gasteiger partial charge in [-0.1, -0.05) is 6.07 Å². The monoisotopic (exact) mass is 376 g/mol. The van der Waals surface area contributed by atoms with Crippen LogP contribution < -0.4 is 5.56 Å². The van der Waals surface area contributed by atoms with Crippen molar-refractivity contribution in [1.82, 2.24) is 19.9 Å². The number of carbonyl (C=O) groups excluding carboxylic acids is 1. The van der Waals surface area contributed by atoms with Crippen molar-refractivity contribution in [2.24, 2.45) is 0 Å². The molecule has 1 saturated heterocycles. The molecule has 3 aromatic rings. The number of fused-ring (bicyclic) bond motifs is 2. The lowest BCUT2D eigenvalue weighted by molar-refractivity contribution is 0.0728. The first-order chi connectivity index (χ1) is 13.6. The zero-order valence-corrected chi connectivity index (χ0v) is 16.0. The van der Waals surface area contributed by atoms with Crippen molar-refractivity contribution in [3.05, 3.63) is 62.8 Å². The topological polar surface area (TPSA) is 81.8 Å². The van der Waals surface area contributed by atoms with Crippen LogP contribution in [0.2, 0.25) is 0 Å². The molecular weight excluding hydrogens is 352 g/mol. The molecule has 1 fully saturated rings. The highest BCUT2D eigenvalue weighted by Gasteiger charge is 2.34. The Morgan fingerprint density at radius 2 is 2.00 bits per heavy atom. The second-order valence-corrected chi connectivity index (χ2v) is 8.02. The zero-order valence-electron chi connectivity index (χ0n) is 16.0. The van der Waals surface area contributed by atoms with Crippen molar-refractivity contribution in [2.45, 2.75) is 51.5 Å². The first kappa shape index (κ1) is 17.2. The SMILES string of the molecule is Cc1ccc2nc([C@H]3CCCN3C(=O)c3cc4c([nH]c3=O)CCCC4)[nH]c2c1. The number of hydrogen-bond donors (Lipinski definition) is 2. The van der Waals surface area contributed by atoms with E-state index in [2.05, 4.69) is 16.0 Å². The maximum Gasteiger partial charge on any atom is 0.261 e. The third kappa shape index (κ3) is 2.84. The fraction of sp³-hybridized carbons (Fsp3) is 0.409. The molecule has 1 amide bonds. The summed E-state index contributed by atoms with van der Waals surface area (Å²) in [6, 6.07) is 7.82. The molecule has 28 heavy (non-hydrogen) atoms. The number of aryl methyl sites for hydroxylation is 3. The number of H-pyrrole nitrogens is 2. The number of likely N-dealkylation sites (tertiary alicyclic amines) is 1. The van der Waals surface area contributed by atoms with Gasteiger partial charge in [0, 0.05) is 12.2 Å². The zero-order chi connectivity index (χ0) is 19.3. The summed E-state index contributed by atoms with van der Waals surface area (Å²) in [6.07, 6.45) is 5.79. The number of rotatable bonds is 2. The Morgan fingerprint density at radius 1 is 1.14 bits per heavy atom. The molecule has 5 rings (SSSR count). The van der Waals surface area contributed by atoms with Crippen LogP contribution in [0.3, 0.4) is 0 Å². The summed E-state index contributed by atoms with van der Waals surface area (Å²) < 4.78 is 0. The van der Waals surface area contributed by atoms with Gasteiger partial charge in [0.2, 0.25) is 0 Å². The molecule has 6 heteroatoms. The van der Waals surface area contributed by atoms with E-state index in [0.717, 1.165) is 66.6 Å². The van der Waals surface area contributed by atoms with Crippen molar-refractivity contribution < 1.29 is 4.79 Å². The van der Waals surface area contributed by atoms with Crippen molar-refractivity contribution in [1.29, 1.82) is 0 Å². The average Bonchev–Trinajstić information content (AvgIpc) is 3.33. The van der Waals surface area contributed by atoms with Crippen molar-refractivity contribution in [3.63, 3.8) is 0 Å². The van der Waals surface area contributed by atoms with Gasteiger partial charge in [-0.3, -0.25) is 9.59 Å². The fourth-order valence-electron chi connectivity index (χ4n) is 4.58. The number of aromatic amines is 2. The van der Waals surface area contributed by atoms with Crippen LogP contribution in [0.15, 0.2) is 29.1 Å². The molecule has 1 aromatic carbocycles. The van der Waals surface area contributed by atoms with Crippen LogP contribution in [0.25, 0.3) is 11.0 Å². The van der Waals surface area contributed by atoms with Crippen LogP contribution in [0.4, 0.5) is 0 Å². The minimum Gasteiger partial charge on any atom is -0.340 e. The van der Waals surface area contributed by atoms with Crippen LogP contribution in [0.5, 0.6) is 0 Å². The minimum atomic E-state index is -0.267. The first-order valence-electron chi connectivity index (χ1n) is 10.1. The van der Waals surface area contributed by atoms with Gasteiger partial charge in [-0.05, 0) is 74.8 Å². The Morgan fingerprint density at radius 3 is 2.89 bits per heavy atom. The van der Waals surface area contributed by atoms with Gasteiger partial charge in [0.25, 0.3) is 11.5 Å². The van der Waals surface area contributed by atoms with Gasteiger partial charge in [-0.25, -0.2) is 4.98 Å². The second kappa shape index (κ2) is 6.62. The standard InChI is InChI=1S/C22H24N4O2/c1-13-8-9-17-18(11-13)24-20(23-17)19-7-4-10-26(19)22(28)15-12-14-5-2-3-6-16(14)25-21(15)27/h8-9,11-12,19H,2-7,10H2,1H3,(H,23,24)(H,25,27)/t19-/m1/s1. The molecule has 2 aromatic heterocycles. The Bertz CT molecular complexity index is 1130. The molecule has 0 saturated carbocycles. The van der Waals surface area contributed by atoms with E-state index in [-0.39, 0.29) is 23.1 Å². The second-order valence-electron chi connectivity index (χ2n) is 8.02. The normalized spacial score (nSPS) is 19.2. The van der Waals surface area contributed by atoms with E-state index < -0.39 is 0 Å². The number of nitrogens with zero attached hydrogens (tertiary/aromatic N) is 2. The molecule has 1 aliphatic heterocycles. The average molecular weight is 376 g/mol. The van der Waals surface area contributed by atoms with E-state index in [0.29, 0.717) is 6.54 Å². The molecule has 144 valence electrons. The molecular formula is C22H24N4O2. The maximum absolute atomic E-state index is 13.3.